The van der Waals surface area contributed by atoms with Gasteiger partial charge in [-0.1, -0.05) is 57.7 Å². The largest absolute Gasteiger partial charge is 0.481 e. The number of nitrogens with zero attached hydrogens (tertiary/aromatic N) is 2. The fourth-order valence-corrected chi connectivity index (χ4v) is 3.92. The molecule has 2 aromatic rings. The maximum atomic E-state index is 13.4. The highest BCUT2D eigenvalue weighted by Crippen LogP contribution is 2.19. The highest BCUT2D eigenvalue weighted by molar-refractivity contribution is 6.00. The zero-order valence-corrected chi connectivity index (χ0v) is 19.6. The van der Waals surface area contributed by atoms with Gasteiger partial charge in [0.25, 0.3) is 5.91 Å². The van der Waals surface area contributed by atoms with E-state index >= 15 is 0 Å². The number of carboxylic acid groups (broad SMARTS) is 1. The molecule has 0 aliphatic carbocycles. The van der Waals surface area contributed by atoms with E-state index < -0.39 is 12.0 Å². The van der Waals surface area contributed by atoms with Crippen LogP contribution in [0, 0.1) is 0 Å². The lowest BCUT2D eigenvalue weighted by Gasteiger charge is -2.28. The van der Waals surface area contributed by atoms with Gasteiger partial charge in [0.15, 0.2) is 0 Å². The Hall–Kier alpha value is -2.83. The van der Waals surface area contributed by atoms with Crippen LogP contribution in [0.25, 0.3) is 10.9 Å². The van der Waals surface area contributed by atoms with Crippen molar-refractivity contribution >= 4 is 28.7 Å². The Labute approximate surface area is 190 Å². The molecule has 7 nitrogen and oxygen atoms in total. The van der Waals surface area contributed by atoms with Crippen LogP contribution in [0.4, 0.5) is 0 Å². The second-order valence-electron chi connectivity index (χ2n) is 8.35. The van der Waals surface area contributed by atoms with Crippen LogP contribution in [0.3, 0.4) is 0 Å². The number of hydrogen-bond acceptors (Lipinski definition) is 3. The van der Waals surface area contributed by atoms with Crippen molar-refractivity contribution in [1.29, 1.82) is 0 Å². The fraction of sp³-hybridized carbons (Fsp3) is 0.560. The number of benzene rings is 1. The molecule has 0 bridgehead atoms. The molecule has 2 amide bonds. The van der Waals surface area contributed by atoms with E-state index in [-0.39, 0.29) is 24.7 Å². The lowest BCUT2D eigenvalue weighted by molar-refractivity contribution is -0.138. The smallest absolute Gasteiger partial charge is 0.303 e. The van der Waals surface area contributed by atoms with Crippen LogP contribution in [0.2, 0.25) is 0 Å². The van der Waals surface area contributed by atoms with Gasteiger partial charge in [-0.05, 0) is 31.4 Å². The summed E-state index contributed by atoms with van der Waals surface area (Å²) < 4.78 is 1.80. The average molecular weight is 444 g/mol. The number of amides is 2. The van der Waals surface area contributed by atoms with E-state index in [2.05, 4.69) is 19.2 Å². The Kier molecular flexibility index (Phi) is 10.2. The third kappa shape index (κ3) is 7.11. The second-order valence-corrected chi connectivity index (χ2v) is 8.35. The molecule has 0 radical (unpaired) electrons. The molecular weight excluding hydrogens is 406 g/mol. The Morgan fingerprint density at radius 2 is 1.66 bits per heavy atom. The zero-order chi connectivity index (χ0) is 23.5. The molecule has 0 saturated heterocycles. The monoisotopic (exact) mass is 443 g/mol. The summed E-state index contributed by atoms with van der Waals surface area (Å²) in [6, 6.07) is 8.62. The Morgan fingerprint density at radius 3 is 2.22 bits per heavy atom. The van der Waals surface area contributed by atoms with Crippen molar-refractivity contribution < 1.29 is 19.5 Å². The number of aryl methyl sites for hydroxylation is 1. The molecule has 2 N–H and O–H groups in total. The molecule has 7 heteroatoms. The molecular formula is C25H37N3O4. The number of carbonyl (C=O) groups is 3. The number of rotatable bonds is 14. The molecule has 1 aromatic heterocycles. The topological polar surface area (TPSA) is 91.6 Å². The van der Waals surface area contributed by atoms with Gasteiger partial charge in [0.05, 0.1) is 0 Å². The van der Waals surface area contributed by atoms with Gasteiger partial charge >= 0.3 is 5.97 Å². The minimum Gasteiger partial charge on any atom is -0.481 e. The highest BCUT2D eigenvalue weighted by atomic mass is 16.4. The molecule has 32 heavy (non-hydrogen) atoms. The van der Waals surface area contributed by atoms with Gasteiger partial charge < -0.3 is 19.9 Å². The van der Waals surface area contributed by atoms with Crippen LogP contribution in [0.15, 0.2) is 30.3 Å². The van der Waals surface area contributed by atoms with Gasteiger partial charge in [-0.2, -0.15) is 0 Å². The van der Waals surface area contributed by atoms with Crippen LogP contribution in [-0.2, 0) is 16.6 Å². The summed E-state index contributed by atoms with van der Waals surface area (Å²) in [7, 11) is 1.81. The van der Waals surface area contributed by atoms with Gasteiger partial charge in [-0.15, -0.1) is 0 Å². The third-order valence-corrected chi connectivity index (χ3v) is 5.81. The predicted octanol–water partition coefficient (Wildman–Crippen LogP) is 4.35. The van der Waals surface area contributed by atoms with Crippen molar-refractivity contribution in [2.24, 2.45) is 7.05 Å². The number of aliphatic carboxylic acids is 1. The summed E-state index contributed by atoms with van der Waals surface area (Å²) in [5.74, 6) is -1.54. The quantitative estimate of drug-likeness (QED) is 0.425. The summed E-state index contributed by atoms with van der Waals surface area (Å²) >= 11 is 0. The number of hydrogen-bond donors (Lipinski definition) is 2. The summed E-state index contributed by atoms with van der Waals surface area (Å²) in [5, 5.41) is 13.0. The zero-order valence-electron chi connectivity index (χ0n) is 19.6. The molecule has 0 fully saturated rings. The Morgan fingerprint density at radius 1 is 1.03 bits per heavy atom. The van der Waals surface area contributed by atoms with Crippen LogP contribution in [0.1, 0.15) is 75.7 Å². The second kappa shape index (κ2) is 12.9. The summed E-state index contributed by atoms with van der Waals surface area (Å²) in [6.45, 7) is 5.49. The van der Waals surface area contributed by atoms with E-state index in [1.165, 1.54) is 0 Å². The Bertz CT molecular complexity index is 896. The van der Waals surface area contributed by atoms with Gasteiger partial charge in [0.1, 0.15) is 11.7 Å². The number of fused-ring (bicyclic) bond motifs is 1. The van der Waals surface area contributed by atoms with Gasteiger partial charge in [-0.25, -0.2) is 0 Å². The molecule has 1 unspecified atom stereocenters. The van der Waals surface area contributed by atoms with Crippen molar-refractivity contribution in [3.8, 4) is 0 Å². The molecule has 176 valence electrons. The SMILES string of the molecule is CCCCCN(CCCCC)C(=O)C(CCC(=O)O)NC(=O)c1cc2ccccc2n1C. The average Bonchev–Trinajstić information content (AvgIpc) is 3.12. The first-order valence-corrected chi connectivity index (χ1v) is 11.7. The van der Waals surface area contributed by atoms with Crippen molar-refractivity contribution in [1.82, 2.24) is 14.8 Å². The maximum absolute atomic E-state index is 13.4. The number of aromatic nitrogens is 1. The molecule has 0 aliphatic heterocycles. The van der Waals surface area contributed by atoms with E-state index in [0.717, 1.165) is 49.4 Å². The van der Waals surface area contributed by atoms with Crippen molar-refractivity contribution in [2.75, 3.05) is 13.1 Å². The summed E-state index contributed by atoms with van der Waals surface area (Å²) in [5.41, 5.74) is 1.37. The van der Waals surface area contributed by atoms with E-state index in [9.17, 15) is 19.5 Å². The first-order chi connectivity index (χ1) is 15.4. The minimum atomic E-state index is -0.981. The standard InChI is InChI=1S/C25H37N3O4/c1-4-6-10-16-28(17-11-7-5-2)25(32)20(14-15-23(29)30)26-24(31)22-18-19-12-8-9-13-21(19)27(22)3/h8-9,12-13,18,20H,4-7,10-11,14-17H2,1-3H3,(H,26,31)(H,29,30). The summed E-state index contributed by atoms with van der Waals surface area (Å²) in [6.07, 6.45) is 5.85. The molecule has 2 rings (SSSR count). The van der Waals surface area contributed by atoms with Crippen LogP contribution >= 0.6 is 0 Å². The van der Waals surface area contributed by atoms with Crippen molar-refractivity contribution in [3.05, 3.63) is 36.0 Å². The number of unbranched alkanes of at least 4 members (excludes halogenated alkanes) is 4. The van der Waals surface area contributed by atoms with E-state index in [0.29, 0.717) is 18.8 Å². The summed E-state index contributed by atoms with van der Waals surface area (Å²) in [4.78, 5) is 39.5. The first kappa shape index (κ1) is 25.4. The van der Waals surface area contributed by atoms with Crippen LogP contribution in [0.5, 0.6) is 0 Å². The van der Waals surface area contributed by atoms with Gasteiger partial charge in [0.2, 0.25) is 5.91 Å². The molecule has 1 aromatic carbocycles. The van der Waals surface area contributed by atoms with E-state index in [1.54, 1.807) is 15.5 Å². The van der Waals surface area contributed by atoms with Gasteiger partial charge in [-0.3, -0.25) is 14.4 Å². The molecule has 0 spiro atoms. The van der Waals surface area contributed by atoms with E-state index in [4.69, 9.17) is 0 Å². The number of carbonyl (C=O) groups excluding carboxylic acids is 2. The number of carboxylic acids is 1. The van der Waals surface area contributed by atoms with Crippen LogP contribution in [-0.4, -0.2) is 51.5 Å². The van der Waals surface area contributed by atoms with Crippen molar-refractivity contribution in [3.63, 3.8) is 0 Å². The molecule has 1 atom stereocenters. The van der Waals surface area contributed by atoms with E-state index in [1.807, 2.05) is 31.3 Å². The Balaban J connectivity index is 2.21. The highest BCUT2D eigenvalue weighted by Gasteiger charge is 2.27. The molecule has 0 aliphatic rings. The third-order valence-electron chi connectivity index (χ3n) is 5.81. The fourth-order valence-electron chi connectivity index (χ4n) is 3.92. The minimum absolute atomic E-state index is 0.0713. The lowest BCUT2D eigenvalue weighted by Crippen LogP contribution is -2.49. The molecule has 1 heterocycles. The lowest BCUT2D eigenvalue weighted by atomic mass is 10.1. The molecule has 0 saturated carbocycles. The normalized spacial score (nSPS) is 12.0. The number of para-hydroxylation sites is 1. The van der Waals surface area contributed by atoms with Crippen molar-refractivity contribution in [2.45, 2.75) is 71.3 Å². The van der Waals surface area contributed by atoms with Crippen LogP contribution < -0.4 is 5.32 Å². The predicted molar refractivity (Wildman–Crippen MR) is 127 cm³/mol. The maximum Gasteiger partial charge on any atom is 0.303 e. The first-order valence-electron chi connectivity index (χ1n) is 11.7. The number of nitrogens with one attached hydrogen (secondary N) is 1. The van der Waals surface area contributed by atoms with Gasteiger partial charge in [0, 0.05) is 37.5 Å².